The predicted molar refractivity (Wildman–Crippen MR) is 104 cm³/mol. The molecule has 2 rings (SSSR count). The summed E-state index contributed by atoms with van der Waals surface area (Å²) in [6, 6.07) is 12.3. The zero-order valence-corrected chi connectivity index (χ0v) is 15.4. The molecule has 0 aromatic heterocycles. The molecule has 0 heterocycles. The van der Waals surface area contributed by atoms with Crippen molar-refractivity contribution >= 4 is 17.8 Å². The van der Waals surface area contributed by atoms with E-state index in [9.17, 15) is 9.59 Å². The van der Waals surface area contributed by atoms with Gasteiger partial charge in [0.15, 0.2) is 5.78 Å². The van der Waals surface area contributed by atoms with Crippen LogP contribution in [0.25, 0.3) is 6.08 Å². The van der Waals surface area contributed by atoms with Crippen LogP contribution < -0.4 is 9.47 Å². The van der Waals surface area contributed by atoms with Crippen LogP contribution in [0.1, 0.15) is 28.4 Å². The Morgan fingerprint density at radius 2 is 1.85 bits per heavy atom. The Balaban J connectivity index is 1.95. The average molecular weight is 366 g/mol. The number of carbonyl (C=O) groups is 2. The van der Waals surface area contributed by atoms with Crippen molar-refractivity contribution in [3.8, 4) is 11.5 Å². The minimum absolute atomic E-state index is 0.0157. The van der Waals surface area contributed by atoms with Crippen LogP contribution in [0, 0.1) is 0 Å². The van der Waals surface area contributed by atoms with E-state index in [1.54, 1.807) is 30.4 Å². The summed E-state index contributed by atoms with van der Waals surface area (Å²) in [5.41, 5.74) is 2.01. The molecule has 0 bridgehead atoms. The first-order chi connectivity index (χ1) is 13.0. The predicted octanol–water partition coefficient (Wildman–Crippen LogP) is 4.22. The van der Waals surface area contributed by atoms with Gasteiger partial charge in [0.2, 0.25) is 0 Å². The van der Waals surface area contributed by atoms with Crippen LogP contribution in [0.5, 0.6) is 11.5 Å². The van der Waals surface area contributed by atoms with Gasteiger partial charge in [-0.2, -0.15) is 0 Å². The van der Waals surface area contributed by atoms with Crippen LogP contribution in [0.3, 0.4) is 0 Å². The third-order valence-electron chi connectivity index (χ3n) is 3.72. The number of rotatable bonds is 9. The molecule has 0 unspecified atom stereocenters. The quantitative estimate of drug-likeness (QED) is 0.288. The van der Waals surface area contributed by atoms with Gasteiger partial charge in [-0.1, -0.05) is 24.8 Å². The molecular formula is C22H22O5. The highest BCUT2D eigenvalue weighted by molar-refractivity contribution is 5.94. The zero-order chi connectivity index (χ0) is 19.6. The van der Waals surface area contributed by atoms with Gasteiger partial charge in [-0.3, -0.25) is 4.79 Å². The van der Waals surface area contributed by atoms with E-state index in [1.807, 2.05) is 24.3 Å². The molecule has 27 heavy (non-hydrogen) atoms. The first-order valence-corrected chi connectivity index (χ1v) is 8.40. The van der Waals surface area contributed by atoms with Gasteiger partial charge in [0.1, 0.15) is 24.7 Å². The van der Waals surface area contributed by atoms with Crippen LogP contribution in [0.15, 0.2) is 61.2 Å². The fourth-order valence-corrected chi connectivity index (χ4v) is 2.30. The normalized spacial score (nSPS) is 10.4. The number of benzene rings is 2. The average Bonchev–Trinajstić information content (AvgIpc) is 2.69. The molecule has 0 aliphatic rings. The Bertz CT molecular complexity index is 834. The van der Waals surface area contributed by atoms with Crippen molar-refractivity contribution < 1.29 is 23.8 Å². The van der Waals surface area contributed by atoms with E-state index >= 15 is 0 Å². The maximum Gasteiger partial charge on any atom is 0.331 e. The van der Waals surface area contributed by atoms with Gasteiger partial charge in [-0.15, -0.1) is 0 Å². The summed E-state index contributed by atoms with van der Waals surface area (Å²) >= 11 is 0. The molecule has 0 amide bonds. The van der Waals surface area contributed by atoms with Crippen LogP contribution in [0.4, 0.5) is 0 Å². The van der Waals surface area contributed by atoms with E-state index in [0.717, 1.165) is 11.3 Å². The second-order valence-corrected chi connectivity index (χ2v) is 5.69. The molecule has 0 N–H and O–H groups in total. The second kappa shape index (κ2) is 9.97. The fraction of sp³-hybridized carbons (Fsp3) is 0.182. The summed E-state index contributed by atoms with van der Waals surface area (Å²) in [5.74, 6) is 0.738. The monoisotopic (exact) mass is 366 g/mol. The van der Waals surface area contributed by atoms with E-state index in [-0.39, 0.29) is 12.4 Å². The van der Waals surface area contributed by atoms with Crippen molar-refractivity contribution in [3.05, 3.63) is 77.9 Å². The van der Waals surface area contributed by atoms with Crippen molar-refractivity contribution in [2.45, 2.75) is 13.5 Å². The molecule has 0 spiro atoms. The standard InChI is InChI=1S/C22H22O5/c1-4-13-26-20-9-5-17(6-10-20)7-12-22(24)27-15-19-14-18(16(2)23)8-11-21(19)25-3/h4-12,14H,1,13,15H2,2-3H3/b12-7+. The number of carbonyl (C=O) groups excluding carboxylic acids is 2. The molecule has 140 valence electrons. The molecule has 2 aromatic rings. The maximum absolute atomic E-state index is 12.0. The number of methoxy groups -OCH3 is 1. The number of Topliss-reactive ketones (excluding diaryl/α,β-unsaturated/α-hetero) is 1. The van der Waals surface area contributed by atoms with Gasteiger partial charge in [-0.25, -0.2) is 4.79 Å². The van der Waals surface area contributed by atoms with E-state index in [0.29, 0.717) is 23.5 Å². The molecule has 0 aliphatic heterocycles. The van der Waals surface area contributed by atoms with Gasteiger partial charge in [0.25, 0.3) is 0 Å². The molecule has 0 radical (unpaired) electrons. The maximum atomic E-state index is 12.0. The lowest BCUT2D eigenvalue weighted by atomic mass is 10.1. The molecular weight excluding hydrogens is 344 g/mol. The molecule has 5 heteroatoms. The number of hydrogen-bond acceptors (Lipinski definition) is 5. The zero-order valence-electron chi connectivity index (χ0n) is 15.4. The Kier molecular flexibility index (Phi) is 7.37. The third kappa shape index (κ3) is 6.15. The van der Waals surface area contributed by atoms with E-state index in [1.165, 1.54) is 20.1 Å². The Morgan fingerprint density at radius 1 is 1.11 bits per heavy atom. The Morgan fingerprint density at radius 3 is 2.48 bits per heavy atom. The van der Waals surface area contributed by atoms with Crippen LogP contribution in [-0.2, 0) is 16.1 Å². The lowest BCUT2D eigenvalue weighted by Crippen LogP contribution is -2.04. The smallest absolute Gasteiger partial charge is 0.331 e. The van der Waals surface area contributed by atoms with Crippen LogP contribution >= 0.6 is 0 Å². The van der Waals surface area contributed by atoms with E-state index in [2.05, 4.69) is 6.58 Å². The highest BCUT2D eigenvalue weighted by Crippen LogP contribution is 2.21. The van der Waals surface area contributed by atoms with Gasteiger partial charge < -0.3 is 14.2 Å². The first kappa shape index (κ1) is 20.0. The largest absolute Gasteiger partial charge is 0.496 e. The third-order valence-corrected chi connectivity index (χ3v) is 3.72. The highest BCUT2D eigenvalue weighted by atomic mass is 16.5. The van der Waals surface area contributed by atoms with Crippen LogP contribution in [0.2, 0.25) is 0 Å². The lowest BCUT2D eigenvalue weighted by Gasteiger charge is -2.09. The van der Waals surface area contributed by atoms with Crippen molar-refractivity contribution in [2.75, 3.05) is 13.7 Å². The molecule has 0 aliphatic carbocycles. The molecule has 0 fully saturated rings. The summed E-state index contributed by atoms with van der Waals surface area (Å²) in [6.07, 6.45) is 4.68. The summed E-state index contributed by atoms with van der Waals surface area (Å²) in [5, 5.41) is 0. The first-order valence-electron chi connectivity index (χ1n) is 8.40. The van der Waals surface area contributed by atoms with Crippen molar-refractivity contribution in [3.63, 3.8) is 0 Å². The molecule has 2 aromatic carbocycles. The molecule has 0 saturated heterocycles. The van der Waals surface area contributed by atoms with Gasteiger partial charge >= 0.3 is 5.97 Å². The Labute approximate surface area is 158 Å². The molecule has 5 nitrogen and oxygen atoms in total. The van der Waals surface area contributed by atoms with Crippen molar-refractivity contribution in [1.82, 2.24) is 0 Å². The topological polar surface area (TPSA) is 61.8 Å². The summed E-state index contributed by atoms with van der Waals surface area (Å²) in [4.78, 5) is 23.5. The van der Waals surface area contributed by atoms with Crippen molar-refractivity contribution in [2.24, 2.45) is 0 Å². The van der Waals surface area contributed by atoms with Crippen molar-refractivity contribution in [1.29, 1.82) is 0 Å². The SMILES string of the molecule is C=CCOc1ccc(/C=C/C(=O)OCc2cc(C(C)=O)ccc2OC)cc1. The van der Waals surface area contributed by atoms with Gasteiger partial charge in [0.05, 0.1) is 7.11 Å². The molecule has 0 saturated carbocycles. The van der Waals surface area contributed by atoms with Crippen LogP contribution in [-0.4, -0.2) is 25.5 Å². The highest BCUT2D eigenvalue weighted by Gasteiger charge is 2.09. The lowest BCUT2D eigenvalue weighted by molar-refractivity contribution is -0.138. The summed E-state index contributed by atoms with van der Waals surface area (Å²) in [6.45, 7) is 5.53. The van der Waals surface area contributed by atoms with Gasteiger partial charge in [0, 0.05) is 17.2 Å². The fourth-order valence-electron chi connectivity index (χ4n) is 2.30. The second-order valence-electron chi connectivity index (χ2n) is 5.69. The van der Waals surface area contributed by atoms with E-state index in [4.69, 9.17) is 14.2 Å². The minimum Gasteiger partial charge on any atom is -0.496 e. The number of esters is 1. The number of hydrogen-bond donors (Lipinski definition) is 0. The number of ether oxygens (including phenoxy) is 3. The van der Waals surface area contributed by atoms with Gasteiger partial charge in [-0.05, 0) is 48.9 Å². The van der Waals surface area contributed by atoms with E-state index < -0.39 is 5.97 Å². The molecule has 0 atom stereocenters. The number of ketones is 1. The summed E-state index contributed by atoms with van der Waals surface area (Å²) < 4.78 is 15.9. The Hall–Kier alpha value is -3.34. The summed E-state index contributed by atoms with van der Waals surface area (Å²) in [7, 11) is 1.52. The minimum atomic E-state index is -0.489.